The Bertz CT molecular complexity index is 834. The lowest BCUT2D eigenvalue weighted by atomic mass is 10.2. The van der Waals surface area contributed by atoms with Crippen LogP contribution in [-0.4, -0.2) is 35.1 Å². The van der Waals surface area contributed by atoms with Crippen molar-refractivity contribution >= 4 is 9.84 Å². The smallest absolute Gasteiger partial charge is 0.243 e. The summed E-state index contributed by atoms with van der Waals surface area (Å²) in [6.07, 6.45) is 6.69. The summed E-state index contributed by atoms with van der Waals surface area (Å²) in [6.45, 7) is 0. The van der Waals surface area contributed by atoms with Gasteiger partial charge in [0, 0.05) is 18.6 Å². The summed E-state index contributed by atoms with van der Waals surface area (Å²) >= 11 is 0. The summed E-state index contributed by atoms with van der Waals surface area (Å²) in [7, 11) is -3.10. The third-order valence-corrected chi connectivity index (χ3v) is 4.53. The molecule has 0 fully saturated rings. The number of rotatable bonds is 7. The van der Waals surface area contributed by atoms with Crippen LogP contribution in [0.15, 0.2) is 51.9 Å². The summed E-state index contributed by atoms with van der Waals surface area (Å²) in [5, 5.41) is 4.00. The fraction of sp³-hybridized carbons (Fsp3) is 0.333. The van der Waals surface area contributed by atoms with Gasteiger partial charge in [0.15, 0.2) is 6.04 Å². The second kappa shape index (κ2) is 6.62. The highest BCUT2D eigenvalue weighted by atomic mass is 32.2. The van der Waals surface area contributed by atoms with Crippen LogP contribution in [0.3, 0.4) is 0 Å². The molecule has 3 aromatic rings. The van der Waals surface area contributed by atoms with E-state index in [1.807, 2.05) is 35.2 Å². The average Bonchev–Trinajstić information content (AvgIpc) is 3.27. The van der Waals surface area contributed by atoms with E-state index in [1.165, 1.54) is 0 Å². The van der Waals surface area contributed by atoms with Crippen LogP contribution in [0.4, 0.5) is 0 Å². The molecule has 0 radical (unpaired) electrons. The van der Waals surface area contributed by atoms with E-state index >= 15 is 0 Å². The Morgan fingerprint density at radius 1 is 1.29 bits per heavy atom. The molecule has 0 bridgehead atoms. The van der Waals surface area contributed by atoms with Gasteiger partial charge in [0.25, 0.3) is 0 Å². The molecule has 3 aromatic heterocycles. The number of nitrogens with two attached hydrogens (primary N) is 1. The zero-order valence-corrected chi connectivity index (χ0v) is 13.9. The van der Waals surface area contributed by atoms with Crippen molar-refractivity contribution in [2.24, 2.45) is 5.73 Å². The van der Waals surface area contributed by atoms with Gasteiger partial charge in [-0.3, -0.25) is 0 Å². The highest BCUT2D eigenvalue weighted by Gasteiger charge is 2.26. The number of aromatic nitrogens is 3. The van der Waals surface area contributed by atoms with Gasteiger partial charge >= 0.3 is 0 Å². The third kappa shape index (κ3) is 3.74. The zero-order valence-electron chi connectivity index (χ0n) is 13.1. The topological polar surface area (TPSA) is 117 Å². The van der Waals surface area contributed by atoms with E-state index in [0.29, 0.717) is 11.6 Å². The second-order valence-electron chi connectivity index (χ2n) is 5.56. The number of hydrogen-bond donors (Lipinski definition) is 1. The lowest BCUT2D eigenvalue weighted by molar-refractivity contribution is 0.343. The van der Waals surface area contributed by atoms with E-state index in [-0.39, 0.29) is 24.1 Å². The number of sulfone groups is 1. The van der Waals surface area contributed by atoms with Crippen LogP contribution in [0.1, 0.15) is 36.0 Å². The van der Waals surface area contributed by atoms with Gasteiger partial charge in [-0.25, -0.2) is 8.42 Å². The largest absolute Gasteiger partial charge is 0.467 e. The van der Waals surface area contributed by atoms with Gasteiger partial charge < -0.3 is 19.2 Å². The van der Waals surface area contributed by atoms with Crippen molar-refractivity contribution in [3.05, 3.63) is 60.4 Å². The summed E-state index contributed by atoms with van der Waals surface area (Å²) < 4.78 is 35.1. The van der Waals surface area contributed by atoms with Gasteiger partial charge in [-0.2, -0.15) is 4.98 Å². The Labute approximate surface area is 139 Å². The zero-order chi connectivity index (χ0) is 17.2. The first kappa shape index (κ1) is 16.5. The monoisotopic (exact) mass is 350 g/mol. The van der Waals surface area contributed by atoms with E-state index < -0.39 is 15.9 Å². The molecule has 128 valence electrons. The molecule has 2 unspecified atom stereocenters. The maximum Gasteiger partial charge on any atom is 0.243 e. The minimum atomic E-state index is -3.10. The van der Waals surface area contributed by atoms with Crippen molar-refractivity contribution < 1.29 is 17.4 Å². The minimum absolute atomic E-state index is 0.0366. The van der Waals surface area contributed by atoms with Gasteiger partial charge in [-0.05, 0) is 30.7 Å². The Morgan fingerprint density at radius 2 is 2.04 bits per heavy atom. The molecular formula is C15H18N4O4S. The molecule has 0 amide bonds. The first-order valence-corrected chi connectivity index (χ1v) is 9.43. The summed E-state index contributed by atoms with van der Waals surface area (Å²) in [6, 6.07) is 6.36. The third-order valence-electron chi connectivity index (χ3n) is 3.56. The predicted octanol–water partition coefficient (Wildman–Crippen LogP) is 1.54. The molecule has 2 atom stereocenters. The number of furan rings is 1. The van der Waals surface area contributed by atoms with Gasteiger partial charge in [0.05, 0.1) is 18.1 Å². The molecule has 9 heteroatoms. The molecule has 3 heterocycles. The van der Waals surface area contributed by atoms with E-state index in [0.717, 1.165) is 6.26 Å². The molecule has 0 saturated heterocycles. The van der Waals surface area contributed by atoms with Crippen LogP contribution in [0, 0.1) is 0 Å². The van der Waals surface area contributed by atoms with Gasteiger partial charge in [-0.15, -0.1) is 0 Å². The maximum absolute atomic E-state index is 11.3. The first-order chi connectivity index (χ1) is 11.4. The van der Waals surface area contributed by atoms with Gasteiger partial charge in [0.2, 0.25) is 11.7 Å². The van der Waals surface area contributed by atoms with Crippen LogP contribution in [0.5, 0.6) is 0 Å². The van der Waals surface area contributed by atoms with Crippen LogP contribution in [-0.2, 0) is 9.84 Å². The highest BCUT2D eigenvalue weighted by molar-refractivity contribution is 7.90. The highest BCUT2D eigenvalue weighted by Crippen LogP contribution is 2.26. The summed E-state index contributed by atoms with van der Waals surface area (Å²) in [5.74, 6) is 1.22. The van der Waals surface area contributed by atoms with E-state index in [1.54, 1.807) is 12.3 Å². The Balaban J connectivity index is 1.84. The average molecular weight is 350 g/mol. The molecule has 0 aliphatic rings. The Morgan fingerprint density at radius 3 is 2.67 bits per heavy atom. The predicted molar refractivity (Wildman–Crippen MR) is 85.9 cm³/mol. The van der Waals surface area contributed by atoms with Crippen LogP contribution < -0.4 is 5.73 Å². The molecule has 0 aromatic carbocycles. The molecule has 24 heavy (non-hydrogen) atoms. The van der Waals surface area contributed by atoms with E-state index in [4.69, 9.17) is 14.7 Å². The molecular weight excluding hydrogens is 332 g/mol. The van der Waals surface area contributed by atoms with Crippen molar-refractivity contribution in [3.63, 3.8) is 0 Å². The molecule has 0 aliphatic carbocycles. The number of hydrogen-bond acceptors (Lipinski definition) is 7. The quantitative estimate of drug-likeness (QED) is 0.686. The fourth-order valence-electron chi connectivity index (χ4n) is 2.35. The van der Waals surface area contributed by atoms with Crippen LogP contribution >= 0.6 is 0 Å². The van der Waals surface area contributed by atoms with E-state index in [2.05, 4.69) is 10.1 Å². The molecule has 0 aliphatic heterocycles. The molecule has 3 rings (SSSR count). The van der Waals surface area contributed by atoms with Gasteiger partial charge in [0.1, 0.15) is 15.6 Å². The standard InChI is InChI=1S/C15H18N4O4S/c1-24(20,21)10-6-11(16)15-17-14(18-23-15)13(12-5-4-9-22-12)19-7-2-3-8-19/h2-5,7-9,11,13H,6,10,16H2,1H3. The van der Waals surface area contributed by atoms with Crippen molar-refractivity contribution in [3.8, 4) is 0 Å². The van der Waals surface area contributed by atoms with Crippen molar-refractivity contribution in [2.75, 3.05) is 12.0 Å². The SMILES string of the molecule is CS(=O)(=O)CCC(N)c1nc(C(c2ccco2)n2cccc2)no1. The lowest BCUT2D eigenvalue weighted by Crippen LogP contribution is -2.16. The first-order valence-electron chi connectivity index (χ1n) is 7.37. The van der Waals surface area contributed by atoms with Crippen molar-refractivity contribution in [2.45, 2.75) is 18.5 Å². The summed E-state index contributed by atoms with van der Waals surface area (Å²) in [5.41, 5.74) is 5.96. The number of nitrogens with zero attached hydrogens (tertiary/aromatic N) is 3. The molecule has 0 saturated carbocycles. The maximum atomic E-state index is 11.3. The molecule has 0 spiro atoms. The lowest BCUT2D eigenvalue weighted by Gasteiger charge is -2.12. The minimum Gasteiger partial charge on any atom is -0.467 e. The van der Waals surface area contributed by atoms with E-state index in [9.17, 15) is 8.42 Å². The van der Waals surface area contributed by atoms with Crippen LogP contribution in [0.25, 0.3) is 0 Å². The normalized spacial score (nSPS) is 14.6. The van der Waals surface area contributed by atoms with Gasteiger partial charge in [-0.1, -0.05) is 5.16 Å². The van der Waals surface area contributed by atoms with Crippen molar-refractivity contribution in [1.29, 1.82) is 0 Å². The van der Waals surface area contributed by atoms with Crippen LogP contribution in [0.2, 0.25) is 0 Å². The molecule has 2 N–H and O–H groups in total. The Kier molecular flexibility index (Phi) is 4.54. The Hall–Kier alpha value is -2.39. The van der Waals surface area contributed by atoms with Crippen molar-refractivity contribution in [1.82, 2.24) is 14.7 Å². The summed E-state index contributed by atoms with van der Waals surface area (Å²) in [4.78, 5) is 4.34. The molecule has 8 nitrogen and oxygen atoms in total. The fourth-order valence-corrected chi connectivity index (χ4v) is 3.03. The second-order valence-corrected chi connectivity index (χ2v) is 7.82.